The van der Waals surface area contributed by atoms with Crippen molar-refractivity contribution in [3.05, 3.63) is 23.8 Å². The highest BCUT2D eigenvalue weighted by Gasteiger charge is 2.21. The SMILES string of the molecule is CCOc1ccc(N)cc1CN(C)C1CCOC1. The van der Waals surface area contributed by atoms with Crippen LogP contribution < -0.4 is 10.5 Å². The van der Waals surface area contributed by atoms with Crippen LogP contribution in [0.25, 0.3) is 0 Å². The summed E-state index contributed by atoms with van der Waals surface area (Å²) < 4.78 is 11.1. The van der Waals surface area contributed by atoms with Crippen LogP contribution in [0, 0.1) is 0 Å². The summed E-state index contributed by atoms with van der Waals surface area (Å²) in [5.74, 6) is 0.928. The van der Waals surface area contributed by atoms with Crippen molar-refractivity contribution >= 4 is 5.69 Å². The molecule has 1 heterocycles. The number of rotatable bonds is 5. The summed E-state index contributed by atoms with van der Waals surface area (Å²) in [4.78, 5) is 2.31. The Hall–Kier alpha value is -1.26. The number of hydrogen-bond donors (Lipinski definition) is 1. The summed E-state index contributed by atoms with van der Waals surface area (Å²) in [6.45, 7) is 5.20. The first-order valence-electron chi connectivity index (χ1n) is 6.50. The number of nitrogens with two attached hydrogens (primary N) is 1. The molecule has 2 N–H and O–H groups in total. The number of hydrogen-bond acceptors (Lipinski definition) is 4. The zero-order valence-electron chi connectivity index (χ0n) is 11.2. The van der Waals surface area contributed by atoms with Crippen LogP contribution in [0.5, 0.6) is 5.75 Å². The standard InChI is InChI=1S/C14H22N2O2/c1-3-18-14-5-4-12(15)8-11(14)9-16(2)13-6-7-17-10-13/h4-5,8,13H,3,6-7,9-10,15H2,1-2H3. The van der Waals surface area contributed by atoms with Gasteiger partial charge >= 0.3 is 0 Å². The number of nitrogens with zero attached hydrogens (tertiary/aromatic N) is 1. The van der Waals surface area contributed by atoms with Gasteiger partial charge in [0.05, 0.1) is 13.2 Å². The van der Waals surface area contributed by atoms with Gasteiger partial charge in [-0.1, -0.05) is 0 Å². The van der Waals surface area contributed by atoms with Crippen molar-refractivity contribution in [1.82, 2.24) is 4.90 Å². The van der Waals surface area contributed by atoms with E-state index in [0.29, 0.717) is 12.6 Å². The van der Waals surface area contributed by atoms with E-state index in [9.17, 15) is 0 Å². The van der Waals surface area contributed by atoms with Crippen LogP contribution in [-0.4, -0.2) is 37.8 Å². The number of likely N-dealkylation sites (N-methyl/N-ethyl adjacent to an activating group) is 1. The Morgan fingerprint density at radius 1 is 1.50 bits per heavy atom. The fraction of sp³-hybridized carbons (Fsp3) is 0.571. The molecule has 1 saturated heterocycles. The molecular formula is C14H22N2O2. The Labute approximate surface area is 109 Å². The molecule has 18 heavy (non-hydrogen) atoms. The average molecular weight is 250 g/mol. The molecular weight excluding hydrogens is 228 g/mol. The summed E-state index contributed by atoms with van der Waals surface area (Å²) in [6.07, 6.45) is 1.10. The van der Waals surface area contributed by atoms with Crippen molar-refractivity contribution in [2.75, 3.05) is 32.6 Å². The molecule has 4 heteroatoms. The van der Waals surface area contributed by atoms with Crippen LogP contribution in [0.1, 0.15) is 18.9 Å². The molecule has 1 aliphatic heterocycles. The molecule has 100 valence electrons. The van der Waals surface area contributed by atoms with Gasteiger partial charge in [-0.15, -0.1) is 0 Å². The normalized spacial score (nSPS) is 19.4. The zero-order chi connectivity index (χ0) is 13.0. The molecule has 4 nitrogen and oxygen atoms in total. The number of anilines is 1. The smallest absolute Gasteiger partial charge is 0.123 e. The quantitative estimate of drug-likeness (QED) is 0.811. The molecule has 0 aromatic heterocycles. The molecule has 1 fully saturated rings. The van der Waals surface area contributed by atoms with Gasteiger partial charge in [0.2, 0.25) is 0 Å². The van der Waals surface area contributed by atoms with Crippen LogP contribution in [-0.2, 0) is 11.3 Å². The summed E-state index contributed by atoms with van der Waals surface area (Å²) in [6, 6.07) is 6.33. The third-order valence-corrected chi connectivity index (χ3v) is 3.33. The molecule has 0 spiro atoms. The maximum absolute atomic E-state index is 5.85. The molecule has 2 rings (SSSR count). The van der Waals surface area contributed by atoms with E-state index >= 15 is 0 Å². The number of nitrogen functional groups attached to an aromatic ring is 1. The van der Waals surface area contributed by atoms with E-state index in [4.69, 9.17) is 15.2 Å². The van der Waals surface area contributed by atoms with E-state index < -0.39 is 0 Å². The van der Waals surface area contributed by atoms with E-state index in [-0.39, 0.29) is 0 Å². The lowest BCUT2D eigenvalue weighted by molar-refractivity contribution is 0.155. The second-order valence-electron chi connectivity index (χ2n) is 4.73. The topological polar surface area (TPSA) is 47.7 Å². The van der Waals surface area contributed by atoms with Gasteiger partial charge in [0.1, 0.15) is 5.75 Å². The largest absolute Gasteiger partial charge is 0.494 e. The van der Waals surface area contributed by atoms with E-state index in [1.165, 1.54) is 0 Å². The second kappa shape index (κ2) is 6.07. The van der Waals surface area contributed by atoms with Gasteiger partial charge < -0.3 is 15.2 Å². The monoisotopic (exact) mass is 250 g/mol. The van der Waals surface area contributed by atoms with Crippen LogP contribution in [0.3, 0.4) is 0 Å². The summed E-state index contributed by atoms with van der Waals surface area (Å²) >= 11 is 0. The second-order valence-corrected chi connectivity index (χ2v) is 4.73. The fourth-order valence-electron chi connectivity index (χ4n) is 2.29. The summed E-state index contributed by atoms with van der Waals surface area (Å²) in [7, 11) is 2.12. The Morgan fingerprint density at radius 3 is 3.00 bits per heavy atom. The molecule has 0 radical (unpaired) electrons. The third-order valence-electron chi connectivity index (χ3n) is 3.33. The van der Waals surface area contributed by atoms with Crippen molar-refractivity contribution in [2.45, 2.75) is 25.9 Å². The van der Waals surface area contributed by atoms with E-state index in [0.717, 1.165) is 43.2 Å². The third kappa shape index (κ3) is 3.15. The maximum atomic E-state index is 5.85. The molecule has 0 aliphatic carbocycles. The number of benzene rings is 1. The van der Waals surface area contributed by atoms with Gasteiger partial charge in [0.15, 0.2) is 0 Å². The zero-order valence-corrected chi connectivity index (χ0v) is 11.2. The van der Waals surface area contributed by atoms with Crippen molar-refractivity contribution in [3.8, 4) is 5.75 Å². The lowest BCUT2D eigenvalue weighted by atomic mass is 10.1. The van der Waals surface area contributed by atoms with Crippen molar-refractivity contribution < 1.29 is 9.47 Å². The molecule has 1 aromatic rings. The highest BCUT2D eigenvalue weighted by atomic mass is 16.5. The van der Waals surface area contributed by atoms with Crippen molar-refractivity contribution in [2.24, 2.45) is 0 Å². The van der Waals surface area contributed by atoms with Crippen LogP contribution in [0.15, 0.2) is 18.2 Å². The minimum atomic E-state index is 0.501. The Bertz CT molecular complexity index is 389. The first-order chi connectivity index (χ1) is 8.70. The van der Waals surface area contributed by atoms with Gasteiger partial charge in [-0.3, -0.25) is 4.90 Å². The predicted molar refractivity (Wildman–Crippen MR) is 72.7 cm³/mol. The molecule has 1 atom stereocenters. The van der Waals surface area contributed by atoms with E-state index in [1.807, 2.05) is 25.1 Å². The molecule has 0 amide bonds. The summed E-state index contributed by atoms with van der Waals surface area (Å²) in [5, 5.41) is 0. The highest BCUT2D eigenvalue weighted by Crippen LogP contribution is 2.24. The maximum Gasteiger partial charge on any atom is 0.123 e. The van der Waals surface area contributed by atoms with Crippen molar-refractivity contribution in [3.63, 3.8) is 0 Å². The fourth-order valence-corrected chi connectivity index (χ4v) is 2.29. The molecule has 0 bridgehead atoms. The van der Waals surface area contributed by atoms with Gasteiger partial charge in [0.25, 0.3) is 0 Å². The predicted octanol–water partition coefficient (Wildman–Crippen LogP) is 1.89. The average Bonchev–Trinajstić information content (AvgIpc) is 2.86. The van der Waals surface area contributed by atoms with Gasteiger partial charge in [0, 0.05) is 30.4 Å². The Kier molecular flexibility index (Phi) is 4.44. The number of ether oxygens (including phenoxy) is 2. The Morgan fingerprint density at radius 2 is 2.33 bits per heavy atom. The molecule has 0 saturated carbocycles. The van der Waals surface area contributed by atoms with Crippen LogP contribution in [0.2, 0.25) is 0 Å². The lowest BCUT2D eigenvalue weighted by Crippen LogP contribution is -2.31. The minimum Gasteiger partial charge on any atom is -0.494 e. The van der Waals surface area contributed by atoms with Crippen LogP contribution >= 0.6 is 0 Å². The first kappa shape index (κ1) is 13.2. The van der Waals surface area contributed by atoms with Gasteiger partial charge in [-0.25, -0.2) is 0 Å². The van der Waals surface area contributed by atoms with Crippen LogP contribution in [0.4, 0.5) is 5.69 Å². The molecule has 1 aliphatic rings. The first-order valence-corrected chi connectivity index (χ1v) is 6.50. The van der Waals surface area contributed by atoms with Crippen molar-refractivity contribution in [1.29, 1.82) is 0 Å². The van der Waals surface area contributed by atoms with E-state index in [2.05, 4.69) is 11.9 Å². The molecule has 1 aromatic carbocycles. The Balaban J connectivity index is 2.08. The van der Waals surface area contributed by atoms with Gasteiger partial charge in [-0.05, 0) is 38.6 Å². The lowest BCUT2D eigenvalue weighted by Gasteiger charge is -2.24. The highest BCUT2D eigenvalue weighted by molar-refractivity contribution is 5.47. The van der Waals surface area contributed by atoms with E-state index in [1.54, 1.807) is 0 Å². The van der Waals surface area contributed by atoms with Gasteiger partial charge in [-0.2, -0.15) is 0 Å². The molecule has 1 unspecified atom stereocenters. The minimum absolute atomic E-state index is 0.501. The summed E-state index contributed by atoms with van der Waals surface area (Å²) in [5.41, 5.74) is 7.78.